The Morgan fingerprint density at radius 2 is 2.28 bits per heavy atom. The Morgan fingerprint density at radius 1 is 1.61 bits per heavy atom. The lowest BCUT2D eigenvalue weighted by atomic mass is 10.0. The molecule has 1 aliphatic rings. The lowest BCUT2D eigenvalue weighted by Crippen LogP contribution is -2.32. The smallest absolute Gasteiger partial charge is 0.265 e. The minimum Gasteiger partial charge on any atom is -0.338 e. The van der Waals surface area contributed by atoms with Crippen LogP contribution in [0.1, 0.15) is 28.7 Å². The molecule has 2 heterocycles. The number of thiazole rings is 1. The SMILES string of the molecule is Cc1ncsc1C(=O)N1CCC(C(C)N)C1.Cl.Cl. The van der Waals surface area contributed by atoms with Gasteiger partial charge >= 0.3 is 0 Å². The number of amides is 1. The van der Waals surface area contributed by atoms with Gasteiger partial charge in [-0.2, -0.15) is 0 Å². The van der Waals surface area contributed by atoms with Gasteiger partial charge in [-0.3, -0.25) is 4.79 Å². The van der Waals surface area contributed by atoms with Gasteiger partial charge in [0.05, 0.1) is 11.2 Å². The molecule has 0 radical (unpaired) electrons. The van der Waals surface area contributed by atoms with E-state index in [2.05, 4.69) is 4.98 Å². The number of hydrogen-bond acceptors (Lipinski definition) is 4. The number of aromatic nitrogens is 1. The molecule has 1 aliphatic heterocycles. The van der Waals surface area contributed by atoms with Crippen LogP contribution in [-0.2, 0) is 0 Å². The number of carbonyl (C=O) groups is 1. The maximum absolute atomic E-state index is 12.2. The normalized spacial score (nSPS) is 19.9. The van der Waals surface area contributed by atoms with E-state index in [0.29, 0.717) is 5.92 Å². The fourth-order valence-electron chi connectivity index (χ4n) is 2.05. The molecule has 2 N–H and O–H groups in total. The minimum absolute atomic E-state index is 0. The number of aryl methyl sites for hydroxylation is 1. The Labute approximate surface area is 124 Å². The van der Waals surface area contributed by atoms with Gasteiger partial charge in [0.25, 0.3) is 5.91 Å². The first-order valence-electron chi connectivity index (χ1n) is 5.54. The molecule has 18 heavy (non-hydrogen) atoms. The van der Waals surface area contributed by atoms with E-state index in [1.165, 1.54) is 11.3 Å². The van der Waals surface area contributed by atoms with Crippen LogP contribution >= 0.6 is 36.2 Å². The summed E-state index contributed by atoms with van der Waals surface area (Å²) in [4.78, 5) is 18.9. The van der Waals surface area contributed by atoms with Crippen molar-refractivity contribution in [2.45, 2.75) is 26.3 Å². The van der Waals surface area contributed by atoms with Crippen LogP contribution in [0.3, 0.4) is 0 Å². The summed E-state index contributed by atoms with van der Waals surface area (Å²) in [6, 6.07) is 0.167. The average Bonchev–Trinajstić information content (AvgIpc) is 2.84. The van der Waals surface area contributed by atoms with Crippen molar-refractivity contribution in [3.63, 3.8) is 0 Å². The molecule has 104 valence electrons. The zero-order valence-electron chi connectivity index (χ0n) is 10.5. The summed E-state index contributed by atoms with van der Waals surface area (Å²) in [6.45, 7) is 5.50. The van der Waals surface area contributed by atoms with Crippen molar-refractivity contribution in [3.05, 3.63) is 16.1 Å². The molecule has 0 bridgehead atoms. The first-order valence-corrected chi connectivity index (χ1v) is 6.42. The van der Waals surface area contributed by atoms with E-state index in [0.717, 1.165) is 30.1 Å². The molecule has 2 unspecified atom stereocenters. The molecular weight excluding hydrogens is 293 g/mol. The molecule has 1 fully saturated rings. The molecule has 0 saturated carbocycles. The third-order valence-corrected chi connectivity index (χ3v) is 4.11. The largest absolute Gasteiger partial charge is 0.338 e. The summed E-state index contributed by atoms with van der Waals surface area (Å²) >= 11 is 1.42. The Bertz CT molecular complexity index is 397. The van der Waals surface area contributed by atoms with E-state index in [4.69, 9.17) is 5.73 Å². The first kappa shape index (κ1) is 17.6. The maximum atomic E-state index is 12.2. The highest BCUT2D eigenvalue weighted by molar-refractivity contribution is 7.11. The van der Waals surface area contributed by atoms with E-state index in [1.54, 1.807) is 5.51 Å². The lowest BCUT2D eigenvalue weighted by Gasteiger charge is -2.17. The molecular formula is C11H19Cl2N3OS. The second-order valence-corrected chi connectivity index (χ2v) is 5.28. The Hall–Kier alpha value is -0.360. The average molecular weight is 312 g/mol. The topological polar surface area (TPSA) is 59.2 Å². The fraction of sp³-hybridized carbons (Fsp3) is 0.636. The summed E-state index contributed by atoms with van der Waals surface area (Å²) < 4.78 is 0. The Balaban J connectivity index is 0.00000144. The number of nitrogens with two attached hydrogens (primary N) is 1. The molecule has 0 aromatic carbocycles. The van der Waals surface area contributed by atoms with Crippen LogP contribution in [0.4, 0.5) is 0 Å². The van der Waals surface area contributed by atoms with E-state index in [9.17, 15) is 4.79 Å². The van der Waals surface area contributed by atoms with Gasteiger partial charge in [-0.1, -0.05) is 0 Å². The van der Waals surface area contributed by atoms with Gasteiger partial charge < -0.3 is 10.6 Å². The number of rotatable bonds is 2. The highest BCUT2D eigenvalue weighted by Crippen LogP contribution is 2.23. The molecule has 2 rings (SSSR count). The summed E-state index contributed by atoms with van der Waals surface area (Å²) in [7, 11) is 0. The molecule has 1 aromatic rings. The molecule has 0 aliphatic carbocycles. The third-order valence-electron chi connectivity index (χ3n) is 3.20. The standard InChI is InChI=1S/C11H17N3OS.2ClH/c1-7(12)9-3-4-14(5-9)11(15)10-8(2)13-6-16-10;;/h6-7,9H,3-5,12H2,1-2H3;2*1H. The van der Waals surface area contributed by atoms with Crippen molar-refractivity contribution in [3.8, 4) is 0 Å². The summed E-state index contributed by atoms with van der Waals surface area (Å²) in [5.74, 6) is 0.556. The fourth-order valence-corrected chi connectivity index (χ4v) is 2.82. The molecule has 2 atom stereocenters. The molecule has 7 heteroatoms. The van der Waals surface area contributed by atoms with Crippen LogP contribution in [-0.4, -0.2) is 34.9 Å². The highest BCUT2D eigenvalue weighted by atomic mass is 35.5. The molecule has 4 nitrogen and oxygen atoms in total. The summed E-state index contributed by atoms with van der Waals surface area (Å²) in [5, 5.41) is 0. The lowest BCUT2D eigenvalue weighted by molar-refractivity contribution is 0.0790. The van der Waals surface area contributed by atoms with Gasteiger partial charge in [0, 0.05) is 19.1 Å². The third kappa shape index (κ3) is 3.57. The van der Waals surface area contributed by atoms with Crippen LogP contribution in [0.15, 0.2) is 5.51 Å². The molecule has 0 spiro atoms. The predicted octanol–water partition coefficient (Wildman–Crippen LogP) is 2.10. The van der Waals surface area contributed by atoms with E-state index in [-0.39, 0.29) is 36.8 Å². The number of nitrogens with zero attached hydrogens (tertiary/aromatic N) is 2. The Morgan fingerprint density at radius 3 is 2.72 bits per heavy atom. The predicted molar refractivity (Wildman–Crippen MR) is 79.0 cm³/mol. The zero-order valence-corrected chi connectivity index (χ0v) is 12.9. The van der Waals surface area contributed by atoms with Crippen molar-refractivity contribution in [2.75, 3.05) is 13.1 Å². The summed E-state index contributed by atoms with van der Waals surface area (Å²) in [5.41, 5.74) is 8.42. The van der Waals surface area contributed by atoms with E-state index >= 15 is 0 Å². The van der Waals surface area contributed by atoms with Gasteiger partial charge in [0.2, 0.25) is 0 Å². The van der Waals surface area contributed by atoms with Crippen molar-refractivity contribution >= 4 is 42.1 Å². The molecule has 1 amide bonds. The van der Waals surface area contributed by atoms with E-state index < -0.39 is 0 Å². The van der Waals surface area contributed by atoms with Crippen LogP contribution in [0, 0.1) is 12.8 Å². The number of likely N-dealkylation sites (tertiary alicyclic amines) is 1. The maximum Gasteiger partial charge on any atom is 0.265 e. The van der Waals surface area contributed by atoms with Gasteiger partial charge in [0.15, 0.2) is 0 Å². The Kier molecular flexibility index (Phi) is 7.14. The van der Waals surface area contributed by atoms with Gasteiger partial charge in [0.1, 0.15) is 4.88 Å². The molecule has 1 saturated heterocycles. The van der Waals surface area contributed by atoms with Gasteiger partial charge in [-0.15, -0.1) is 36.2 Å². The highest BCUT2D eigenvalue weighted by Gasteiger charge is 2.30. The van der Waals surface area contributed by atoms with Gasteiger partial charge in [-0.05, 0) is 26.2 Å². The summed E-state index contributed by atoms with van der Waals surface area (Å²) in [6.07, 6.45) is 1.02. The van der Waals surface area contributed by atoms with E-state index in [1.807, 2.05) is 18.7 Å². The quantitative estimate of drug-likeness (QED) is 0.910. The van der Waals surface area contributed by atoms with Crippen LogP contribution in [0.2, 0.25) is 0 Å². The second-order valence-electron chi connectivity index (χ2n) is 4.43. The molecule has 1 aromatic heterocycles. The van der Waals surface area contributed by atoms with Crippen molar-refractivity contribution in [1.29, 1.82) is 0 Å². The minimum atomic E-state index is 0. The second kappa shape index (κ2) is 7.28. The number of halogens is 2. The van der Waals surface area contributed by atoms with Gasteiger partial charge in [-0.25, -0.2) is 4.98 Å². The van der Waals surface area contributed by atoms with Crippen molar-refractivity contribution in [2.24, 2.45) is 11.7 Å². The zero-order chi connectivity index (χ0) is 11.7. The monoisotopic (exact) mass is 311 g/mol. The van der Waals surface area contributed by atoms with Crippen LogP contribution in [0.5, 0.6) is 0 Å². The first-order chi connectivity index (χ1) is 7.59. The van der Waals surface area contributed by atoms with Crippen molar-refractivity contribution in [1.82, 2.24) is 9.88 Å². The van der Waals surface area contributed by atoms with Crippen LogP contribution in [0.25, 0.3) is 0 Å². The van der Waals surface area contributed by atoms with Crippen LogP contribution < -0.4 is 5.73 Å². The number of hydrogen-bond donors (Lipinski definition) is 1. The van der Waals surface area contributed by atoms with Crippen molar-refractivity contribution < 1.29 is 4.79 Å². The number of carbonyl (C=O) groups excluding carboxylic acids is 1.